The summed E-state index contributed by atoms with van der Waals surface area (Å²) < 4.78 is 41.1. The van der Waals surface area contributed by atoms with Gasteiger partial charge in [0.2, 0.25) is 5.43 Å². The quantitative estimate of drug-likeness (QED) is 0.593. The molecule has 0 aliphatic heterocycles. The molecule has 0 spiro atoms. The molecule has 0 saturated carbocycles. The molecule has 30 heavy (non-hydrogen) atoms. The van der Waals surface area contributed by atoms with E-state index in [1.54, 1.807) is 0 Å². The lowest BCUT2D eigenvalue weighted by Crippen LogP contribution is -2.33. The molecule has 1 heterocycles. The molecular weight excluding hydrogens is 463 g/mol. The van der Waals surface area contributed by atoms with Crippen LogP contribution in [0.5, 0.6) is 0 Å². The van der Waals surface area contributed by atoms with Gasteiger partial charge >= 0.3 is 6.18 Å². The van der Waals surface area contributed by atoms with Crippen molar-refractivity contribution in [3.05, 3.63) is 91.8 Å². The molecule has 2 aromatic carbocycles. The fourth-order valence-electron chi connectivity index (χ4n) is 2.88. The second-order valence-electron chi connectivity index (χ2n) is 6.56. The van der Waals surface area contributed by atoms with Crippen molar-refractivity contribution in [2.45, 2.75) is 19.5 Å². The molecule has 0 saturated heterocycles. The molecule has 9 heteroatoms. The van der Waals surface area contributed by atoms with Gasteiger partial charge in [-0.2, -0.15) is 18.3 Å². The lowest BCUT2D eigenvalue weighted by Gasteiger charge is -2.13. The Kier molecular flexibility index (Phi) is 6.40. The summed E-state index contributed by atoms with van der Waals surface area (Å²) in [5.74, 6) is -0.687. The van der Waals surface area contributed by atoms with E-state index in [0.29, 0.717) is 12.1 Å². The number of hydrogen-bond donors (Lipinski definition) is 1. The lowest BCUT2D eigenvalue weighted by molar-refractivity contribution is -0.137. The number of nitrogens with zero attached hydrogens (tertiary/aromatic N) is 2. The van der Waals surface area contributed by atoms with Gasteiger partial charge in [-0.1, -0.05) is 40.2 Å². The second-order valence-corrected chi connectivity index (χ2v) is 7.41. The van der Waals surface area contributed by atoms with E-state index in [-0.39, 0.29) is 17.9 Å². The van der Waals surface area contributed by atoms with Crippen molar-refractivity contribution in [2.75, 3.05) is 6.54 Å². The van der Waals surface area contributed by atoms with Gasteiger partial charge in [0.1, 0.15) is 0 Å². The van der Waals surface area contributed by atoms with Gasteiger partial charge in [0, 0.05) is 22.8 Å². The van der Waals surface area contributed by atoms with Gasteiger partial charge < -0.3 is 5.32 Å². The van der Waals surface area contributed by atoms with Gasteiger partial charge in [-0.3, -0.25) is 9.59 Å². The first-order chi connectivity index (χ1) is 14.2. The number of aryl methyl sites for hydroxylation is 1. The van der Waals surface area contributed by atoms with E-state index in [1.807, 2.05) is 24.3 Å². The number of amides is 1. The van der Waals surface area contributed by atoms with Gasteiger partial charge in [0.25, 0.3) is 5.91 Å². The minimum absolute atomic E-state index is 0.101. The lowest BCUT2D eigenvalue weighted by atomic mass is 10.1. The van der Waals surface area contributed by atoms with Gasteiger partial charge in [0.05, 0.1) is 11.3 Å². The van der Waals surface area contributed by atoms with E-state index in [2.05, 4.69) is 26.3 Å². The molecule has 0 aliphatic rings. The summed E-state index contributed by atoms with van der Waals surface area (Å²) >= 11 is 3.42. The van der Waals surface area contributed by atoms with Crippen LogP contribution >= 0.6 is 15.9 Å². The van der Waals surface area contributed by atoms with E-state index in [9.17, 15) is 22.8 Å². The Morgan fingerprint density at radius 1 is 1.13 bits per heavy atom. The molecule has 0 bridgehead atoms. The van der Waals surface area contributed by atoms with Crippen molar-refractivity contribution in [3.63, 3.8) is 0 Å². The van der Waals surface area contributed by atoms with Gasteiger partial charge in [-0.25, -0.2) is 4.68 Å². The Bertz CT molecular complexity index is 1140. The van der Waals surface area contributed by atoms with Crippen molar-refractivity contribution in [3.8, 4) is 5.69 Å². The molecule has 3 aromatic rings. The third kappa shape index (κ3) is 4.96. The van der Waals surface area contributed by atoms with Crippen LogP contribution in [0.2, 0.25) is 0 Å². The summed E-state index contributed by atoms with van der Waals surface area (Å²) in [5.41, 5.74) is -0.441. The molecule has 0 unspecified atom stereocenters. The van der Waals surface area contributed by atoms with Crippen molar-refractivity contribution < 1.29 is 18.0 Å². The molecule has 1 N–H and O–H groups in total. The second kappa shape index (κ2) is 8.83. The highest BCUT2D eigenvalue weighted by molar-refractivity contribution is 9.10. The minimum atomic E-state index is -4.52. The molecule has 0 aliphatic carbocycles. The van der Waals surface area contributed by atoms with Crippen LogP contribution < -0.4 is 10.7 Å². The zero-order valence-corrected chi connectivity index (χ0v) is 17.4. The highest BCUT2D eigenvalue weighted by Crippen LogP contribution is 2.30. The molecule has 0 atom stereocenters. The van der Waals surface area contributed by atoms with Crippen LogP contribution in [0.1, 0.15) is 27.3 Å². The molecule has 5 nitrogen and oxygen atoms in total. The molecule has 156 valence electrons. The SMILES string of the molecule is Cc1cc(=O)c(C(=O)NCCc2ccccc2Br)nn1-c1cccc(C(F)(F)F)c1. The summed E-state index contributed by atoms with van der Waals surface area (Å²) in [6, 6.07) is 13.2. The first kappa shape index (κ1) is 21.8. The maximum atomic E-state index is 13.0. The Morgan fingerprint density at radius 2 is 1.87 bits per heavy atom. The van der Waals surface area contributed by atoms with Crippen LogP contribution in [0, 0.1) is 6.92 Å². The first-order valence-electron chi connectivity index (χ1n) is 8.97. The zero-order valence-electron chi connectivity index (χ0n) is 15.8. The van der Waals surface area contributed by atoms with Crippen molar-refractivity contribution in [1.82, 2.24) is 15.1 Å². The van der Waals surface area contributed by atoms with Gasteiger partial charge in [0.15, 0.2) is 5.69 Å². The van der Waals surface area contributed by atoms with E-state index in [4.69, 9.17) is 0 Å². The van der Waals surface area contributed by atoms with Crippen LogP contribution in [-0.2, 0) is 12.6 Å². The monoisotopic (exact) mass is 479 g/mol. The van der Waals surface area contributed by atoms with Crippen LogP contribution in [0.25, 0.3) is 5.69 Å². The van der Waals surface area contributed by atoms with Crippen LogP contribution in [0.15, 0.2) is 63.9 Å². The number of benzene rings is 2. The fraction of sp³-hybridized carbons (Fsp3) is 0.190. The Morgan fingerprint density at radius 3 is 2.57 bits per heavy atom. The highest BCUT2D eigenvalue weighted by Gasteiger charge is 2.30. The number of nitrogens with one attached hydrogen (secondary N) is 1. The number of alkyl halides is 3. The summed E-state index contributed by atoms with van der Waals surface area (Å²) in [4.78, 5) is 24.7. The average Bonchev–Trinajstić information content (AvgIpc) is 2.69. The minimum Gasteiger partial charge on any atom is -0.350 e. The molecular formula is C21H17BrF3N3O2. The molecule has 0 radical (unpaired) electrons. The maximum Gasteiger partial charge on any atom is 0.416 e. The molecule has 1 amide bonds. The summed E-state index contributed by atoms with van der Waals surface area (Å²) in [6.45, 7) is 1.79. The topological polar surface area (TPSA) is 64.0 Å². The van der Waals surface area contributed by atoms with Crippen molar-refractivity contribution in [1.29, 1.82) is 0 Å². The standard InChI is InChI=1S/C21H17BrF3N3O2/c1-13-11-18(29)19(20(30)26-10-9-14-5-2-3-8-17(14)22)27-28(13)16-7-4-6-15(12-16)21(23,24)25/h2-8,11-12H,9-10H2,1H3,(H,26,30). The predicted molar refractivity (Wildman–Crippen MR) is 110 cm³/mol. The number of aromatic nitrogens is 2. The van der Waals surface area contributed by atoms with E-state index < -0.39 is 23.1 Å². The van der Waals surface area contributed by atoms with Gasteiger partial charge in [-0.05, 0) is 43.2 Å². The Hall–Kier alpha value is -2.94. The zero-order chi connectivity index (χ0) is 21.9. The number of rotatable bonds is 5. The average molecular weight is 480 g/mol. The fourth-order valence-corrected chi connectivity index (χ4v) is 3.36. The number of carbonyl (C=O) groups is 1. The first-order valence-corrected chi connectivity index (χ1v) is 9.76. The molecule has 3 rings (SSSR count). The van der Waals surface area contributed by atoms with Crippen molar-refractivity contribution >= 4 is 21.8 Å². The number of halogens is 4. The predicted octanol–water partition coefficient (Wildman–Crippen LogP) is 4.29. The maximum absolute atomic E-state index is 13.0. The summed E-state index contributed by atoms with van der Waals surface area (Å²) in [7, 11) is 0. The van der Waals surface area contributed by atoms with Crippen LogP contribution in [-0.4, -0.2) is 22.2 Å². The van der Waals surface area contributed by atoms with Crippen LogP contribution in [0.4, 0.5) is 13.2 Å². The highest BCUT2D eigenvalue weighted by atomic mass is 79.9. The summed E-state index contributed by atoms with van der Waals surface area (Å²) in [6.07, 6.45) is -3.99. The smallest absolute Gasteiger partial charge is 0.350 e. The largest absolute Gasteiger partial charge is 0.416 e. The Labute approximate surface area is 178 Å². The van der Waals surface area contributed by atoms with E-state index in [1.165, 1.54) is 25.1 Å². The normalized spacial score (nSPS) is 11.4. The van der Waals surface area contributed by atoms with Crippen LogP contribution in [0.3, 0.4) is 0 Å². The summed E-state index contributed by atoms with van der Waals surface area (Å²) in [5, 5.41) is 6.66. The number of hydrogen-bond acceptors (Lipinski definition) is 3. The third-order valence-corrected chi connectivity index (χ3v) is 5.15. The van der Waals surface area contributed by atoms with Crippen molar-refractivity contribution in [2.24, 2.45) is 0 Å². The molecule has 1 aromatic heterocycles. The van der Waals surface area contributed by atoms with Gasteiger partial charge in [-0.15, -0.1) is 0 Å². The third-order valence-electron chi connectivity index (χ3n) is 4.38. The van der Waals surface area contributed by atoms with E-state index >= 15 is 0 Å². The number of carbonyl (C=O) groups excluding carboxylic acids is 1. The Balaban J connectivity index is 1.84. The molecule has 0 fully saturated rings. The van der Waals surface area contributed by atoms with E-state index in [0.717, 1.165) is 26.9 Å².